The monoisotopic (exact) mass is 411 g/mol. The summed E-state index contributed by atoms with van der Waals surface area (Å²) in [6.45, 7) is 2.19. The van der Waals surface area contributed by atoms with Crippen molar-refractivity contribution in [2.45, 2.75) is 18.8 Å². The van der Waals surface area contributed by atoms with Gasteiger partial charge in [-0.1, -0.05) is 23.7 Å². The van der Waals surface area contributed by atoms with Gasteiger partial charge in [-0.2, -0.15) is 0 Å². The van der Waals surface area contributed by atoms with Crippen LogP contribution in [-0.2, 0) is 4.79 Å². The van der Waals surface area contributed by atoms with Crippen LogP contribution in [0.15, 0.2) is 42.5 Å². The summed E-state index contributed by atoms with van der Waals surface area (Å²) in [5, 5.41) is 1.67. The third kappa shape index (κ3) is 3.02. The summed E-state index contributed by atoms with van der Waals surface area (Å²) < 4.78 is 1.23. The van der Waals surface area contributed by atoms with Gasteiger partial charge in [-0.25, -0.2) is 4.98 Å². The molecule has 5 nitrogen and oxygen atoms in total. The van der Waals surface area contributed by atoms with Gasteiger partial charge < -0.3 is 0 Å². The summed E-state index contributed by atoms with van der Waals surface area (Å²) in [4.78, 5) is 33.3. The number of carbonyl (C=O) groups excluding carboxylic acids is 2. The lowest BCUT2D eigenvalue weighted by Crippen LogP contribution is -2.44. The summed E-state index contributed by atoms with van der Waals surface area (Å²) >= 11 is 7.76. The third-order valence-corrected chi connectivity index (χ3v) is 6.96. The maximum Gasteiger partial charge on any atom is 0.300 e. The van der Waals surface area contributed by atoms with Crippen LogP contribution in [0.4, 0.5) is 5.69 Å². The second kappa shape index (κ2) is 6.95. The van der Waals surface area contributed by atoms with Crippen molar-refractivity contribution in [3.8, 4) is 0 Å². The highest BCUT2D eigenvalue weighted by Crippen LogP contribution is 2.35. The number of ketones is 1. The minimum Gasteiger partial charge on any atom is -0.291 e. The van der Waals surface area contributed by atoms with Crippen molar-refractivity contribution >= 4 is 50.5 Å². The zero-order chi connectivity index (χ0) is 19.3. The number of amides is 1. The number of benzene rings is 2. The summed E-state index contributed by atoms with van der Waals surface area (Å²) in [5.74, 6) is -0.483. The van der Waals surface area contributed by atoms with Crippen LogP contribution in [0.2, 0.25) is 5.02 Å². The molecule has 3 aromatic rings. The van der Waals surface area contributed by atoms with Crippen molar-refractivity contribution in [3.63, 3.8) is 0 Å². The molecule has 0 N–H and O–H groups in total. The molecule has 1 amide bonds. The fourth-order valence-electron chi connectivity index (χ4n) is 4.00. The van der Waals surface area contributed by atoms with Crippen LogP contribution in [-0.4, -0.2) is 41.3 Å². The van der Waals surface area contributed by atoms with Crippen molar-refractivity contribution in [2.24, 2.45) is 0 Å². The first-order valence-corrected chi connectivity index (χ1v) is 10.5. The van der Waals surface area contributed by atoms with Gasteiger partial charge in [-0.3, -0.25) is 19.4 Å². The van der Waals surface area contributed by atoms with Crippen molar-refractivity contribution in [1.29, 1.82) is 0 Å². The van der Waals surface area contributed by atoms with Gasteiger partial charge in [0.05, 0.1) is 33.1 Å². The Labute approximate surface area is 171 Å². The third-order valence-electron chi connectivity index (χ3n) is 5.52. The molecule has 0 radical (unpaired) electrons. The molecule has 1 aromatic heterocycles. The standard InChI is InChI=1S/C21H18ClN3O2S/c22-14-5-6-17-15(11-14)19(26)21(27)25(17)12-24-9-7-13(8-10-24)20-23-16-3-1-2-4-18(16)28-20/h1-6,11,13H,7-10,12H2. The molecule has 0 bridgehead atoms. The molecule has 1 fully saturated rings. The van der Waals surface area contributed by atoms with E-state index in [0.717, 1.165) is 31.4 Å². The summed E-state index contributed by atoms with van der Waals surface area (Å²) in [5.41, 5.74) is 2.14. The maximum absolute atomic E-state index is 12.4. The average Bonchev–Trinajstić information content (AvgIpc) is 3.24. The lowest BCUT2D eigenvalue weighted by molar-refractivity contribution is -0.114. The zero-order valence-corrected chi connectivity index (χ0v) is 16.7. The quantitative estimate of drug-likeness (QED) is 0.602. The molecule has 5 rings (SSSR count). The zero-order valence-electron chi connectivity index (χ0n) is 15.1. The molecule has 7 heteroatoms. The van der Waals surface area contributed by atoms with Gasteiger partial charge >= 0.3 is 5.91 Å². The summed E-state index contributed by atoms with van der Waals surface area (Å²) in [7, 11) is 0. The molecule has 1 saturated heterocycles. The van der Waals surface area contributed by atoms with Crippen LogP contribution in [0.25, 0.3) is 10.2 Å². The van der Waals surface area contributed by atoms with E-state index < -0.39 is 11.7 Å². The lowest BCUT2D eigenvalue weighted by Gasteiger charge is -2.33. The minimum absolute atomic E-state index is 0.405. The number of nitrogens with zero attached hydrogens (tertiary/aromatic N) is 3. The lowest BCUT2D eigenvalue weighted by atomic mass is 9.98. The van der Waals surface area contributed by atoms with E-state index in [4.69, 9.17) is 16.6 Å². The number of anilines is 1. The molecular formula is C21H18ClN3O2S. The molecule has 0 saturated carbocycles. The number of halogens is 1. The van der Waals surface area contributed by atoms with Crippen LogP contribution in [0.5, 0.6) is 0 Å². The molecule has 0 spiro atoms. The molecule has 2 aliphatic heterocycles. The summed E-state index contributed by atoms with van der Waals surface area (Å²) in [6, 6.07) is 13.3. The number of aromatic nitrogens is 1. The number of likely N-dealkylation sites (tertiary alicyclic amines) is 1. The van der Waals surface area contributed by atoms with Crippen LogP contribution < -0.4 is 4.90 Å². The number of Topliss-reactive ketones (excluding diaryl/α,β-unsaturated/α-hetero) is 1. The first kappa shape index (κ1) is 17.8. The highest BCUT2D eigenvalue weighted by molar-refractivity contribution is 7.18. The number of para-hydroxylation sites is 1. The van der Waals surface area contributed by atoms with E-state index in [-0.39, 0.29) is 0 Å². The van der Waals surface area contributed by atoms with Crippen LogP contribution in [0.1, 0.15) is 34.1 Å². The van der Waals surface area contributed by atoms with Crippen molar-refractivity contribution in [1.82, 2.24) is 9.88 Å². The highest BCUT2D eigenvalue weighted by Gasteiger charge is 2.37. The first-order valence-electron chi connectivity index (χ1n) is 9.34. The van der Waals surface area contributed by atoms with Gasteiger partial charge in [0, 0.05) is 24.0 Å². The summed E-state index contributed by atoms with van der Waals surface area (Å²) in [6.07, 6.45) is 2.01. The van der Waals surface area contributed by atoms with Gasteiger partial charge in [0.15, 0.2) is 0 Å². The first-order chi connectivity index (χ1) is 13.6. The number of thiazole rings is 1. The molecule has 2 aromatic carbocycles. The molecule has 3 heterocycles. The molecule has 0 atom stereocenters. The number of hydrogen-bond donors (Lipinski definition) is 0. The second-order valence-corrected chi connectivity index (χ2v) is 8.78. The largest absolute Gasteiger partial charge is 0.300 e. The number of rotatable bonds is 3. The number of carbonyl (C=O) groups is 2. The predicted molar refractivity (Wildman–Crippen MR) is 111 cm³/mol. The molecular weight excluding hydrogens is 394 g/mol. The minimum atomic E-state index is -0.470. The molecule has 28 heavy (non-hydrogen) atoms. The molecule has 2 aliphatic rings. The SMILES string of the molecule is O=C1C(=O)N(CN2CCC(c3nc4ccccc4s3)CC2)c2ccc(Cl)cc21. The Bertz CT molecular complexity index is 1060. The molecule has 0 aliphatic carbocycles. The average molecular weight is 412 g/mol. The van der Waals surface area contributed by atoms with Gasteiger partial charge in [0.25, 0.3) is 5.78 Å². The normalized spacial score (nSPS) is 18.2. The van der Waals surface area contributed by atoms with E-state index in [1.807, 2.05) is 12.1 Å². The number of fused-ring (bicyclic) bond motifs is 2. The van der Waals surface area contributed by atoms with Crippen LogP contribution >= 0.6 is 22.9 Å². The smallest absolute Gasteiger partial charge is 0.291 e. The Balaban J connectivity index is 1.28. The van der Waals surface area contributed by atoms with E-state index in [0.29, 0.717) is 28.9 Å². The molecule has 142 valence electrons. The number of piperidine rings is 1. The van der Waals surface area contributed by atoms with Gasteiger partial charge in [-0.05, 0) is 43.2 Å². The fourth-order valence-corrected chi connectivity index (χ4v) is 5.31. The van der Waals surface area contributed by atoms with Crippen LogP contribution in [0.3, 0.4) is 0 Å². The van der Waals surface area contributed by atoms with Gasteiger partial charge in [0.2, 0.25) is 0 Å². The number of hydrogen-bond acceptors (Lipinski definition) is 5. The Kier molecular flexibility index (Phi) is 4.42. The van der Waals surface area contributed by atoms with E-state index in [1.54, 1.807) is 34.4 Å². The van der Waals surface area contributed by atoms with Crippen molar-refractivity contribution in [2.75, 3.05) is 24.7 Å². The van der Waals surface area contributed by atoms with Crippen molar-refractivity contribution in [3.05, 3.63) is 58.1 Å². The van der Waals surface area contributed by atoms with Crippen LogP contribution in [0, 0.1) is 0 Å². The van der Waals surface area contributed by atoms with E-state index in [2.05, 4.69) is 17.0 Å². The topological polar surface area (TPSA) is 53.5 Å². The Hall–Kier alpha value is -2.28. The predicted octanol–water partition coefficient (Wildman–Crippen LogP) is 4.32. The van der Waals surface area contributed by atoms with Crippen molar-refractivity contribution < 1.29 is 9.59 Å². The Morgan fingerprint density at radius 2 is 1.89 bits per heavy atom. The Morgan fingerprint density at radius 3 is 2.68 bits per heavy atom. The van der Waals surface area contributed by atoms with Gasteiger partial charge in [0.1, 0.15) is 0 Å². The second-order valence-electron chi connectivity index (χ2n) is 7.28. The van der Waals surface area contributed by atoms with E-state index in [1.165, 1.54) is 9.71 Å². The van der Waals surface area contributed by atoms with E-state index >= 15 is 0 Å². The molecule has 0 unspecified atom stereocenters. The maximum atomic E-state index is 12.4. The fraction of sp³-hybridized carbons (Fsp3) is 0.286. The Morgan fingerprint density at radius 1 is 1.11 bits per heavy atom. The van der Waals surface area contributed by atoms with Gasteiger partial charge in [-0.15, -0.1) is 11.3 Å². The highest BCUT2D eigenvalue weighted by atomic mass is 35.5. The van der Waals surface area contributed by atoms with E-state index in [9.17, 15) is 9.59 Å².